The summed E-state index contributed by atoms with van der Waals surface area (Å²) in [6.45, 7) is 5.00. The molecule has 0 saturated heterocycles. The number of carbonyl (C=O) groups is 3. The van der Waals surface area contributed by atoms with Crippen LogP contribution in [0.5, 0.6) is 0 Å². The van der Waals surface area contributed by atoms with Crippen molar-refractivity contribution in [2.45, 2.75) is 117 Å². The first-order chi connectivity index (χ1) is 14.6. The van der Waals surface area contributed by atoms with E-state index in [9.17, 15) is 14.4 Å². The van der Waals surface area contributed by atoms with Crippen LogP contribution in [0.1, 0.15) is 117 Å². The monoisotopic (exact) mass is 426 g/mol. The van der Waals surface area contributed by atoms with Crippen molar-refractivity contribution in [2.75, 3.05) is 13.1 Å². The molecule has 7 heteroatoms. The van der Waals surface area contributed by atoms with Crippen LogP contribution in [0.2, 0.25) is 0 Å². The number of nitrogens with zero attached hydrogens (tertiary/aromatic N) is 1. The van der Waals surface area contributed by atoms with Crippen LogP contribution in [0.25, 0.3) is 0 Å². The molecular formula is C23H46N4O3. The van der Waals surface area contributed by atoms with Crippen LogP contribution in [0.3, 0.4) is 0 Å². The van der Waals surface area contributed by atoms with E-state index in [1.54, 1.807) is 0 Å². The Morgan fingerprint density at radius 3 is 1.73 bits per heavy atom. The molecule has 0 radical (unpaired) electrons. The van der Waals surface area contributed by atoms with E-state index in [0.717, 1.165) is 17.9 Å². The predicted octanol–water partition coefficient (Wildman–Crippen LogP) is 4.80. The molecule has 0 spiro atoms. The lowest BCUT2D eigenvalue weighted by Gasteiger charge is -2.21. The van der Waals surface area contributed by atoms with Crippen molar-refractivity contribution in [1.82, 2.24) is 15.8 Å². The molecule has 0 aromatic rings. The van der Waals surface area contributed by atoms with Gasteiger partial charge in [-0.15, -0.1) is 0 Å². The van der Waals surface area contributed by atoms with Gasteiger partial charge in [-0.05, 0) is 25.8 Å². The third-order valence-corrected chi connectivity index (χ3v) is 5.07. The van der Waals surface area contributed by atoms with Crippen LogP contribution in [0, 0.1) is 0 Å². The zero-order chi connectivity index (χ0) is 22.5. The average molecular weight is 427 g/mol. The fourth-order valence-corrected chi connectivity index (χ4v) is 3.24. The van der Waals surface area contributed by atoms with Crippen molar-refractivity contribution in [3.05, 3.63) is 0 Å². The van der Waals surface area contributed by atoms with E-state index in [4.69, 9.17) is 5.73 Å². The smallest absolute Gasteiger partial charge is 0.336 e. The quantitative estimate of drug-likeness (QED) is 0.216. The van der Waals surface area contributed by atoms with Gasteiger partial charge in [-0.3, -0.25) is 15.0 Å². The number of rotatable bonds is 18. The van der Waals surface area contributed by atoms with Gasteiger partial charge in [0.15, 0.2) is 0 Å². The van der Waals surface area contributed by atoms with E-state index in [-0.39, 0.29) is 18.7 Å². The molecule has 0 aliphatic rings. The van der Waals surface area contributed by atoms with Crippen molar-refractivity contribution in [1.29, 1.82) is 0 Å². The molecule has 0 atom stereocenters. The van der Waals surface area contributed by atoms with Crippen molar-refractivity contribution >= 4 is 17.8 Å². The minimum atomic E-state index is -0.558. The van der Waals surface area contributed by atoms with Crippen LogP contribution in [-0.4, -0.2) is 35.9 Å². The van der Waals surface area contributed by atoms with E-state index >= 15 is 0 Å². The Morgan fingerprint density at radius 2 is 1.23 bits per heavy atom. The molecule has 0 fully saturated rings. The molecule has 0 rings (SSSR count). The fraction of sp³-hybridized carbons (Fsp3) is 0.870. The van der Waals surface area contributed by atoms with E-state index in [1.807, 2.05) is 6.92 Å². The predicted molar refractivity (Wildman–Crippen MR) is 123 cm³/mol. The van der Waals surface area contributed by atoms with Crippen molar-refractivity contribution in [3.8, 4) is 0 Å². The van der Waals surface area contributed by atoms with Gasteiger partial charge in [-0.1, -0.05) is 84.5 Å². The molecule has 0 aliphatic carbocycles. The van der Waals surface area contributed by atoms with Crippen LogP contribution >= 0.6 is 0 Å². The summed E-state index contributed by atoms with van der Waals surface area (Å²) < 4.78 is 0. The third-order valence-electron chi connectivity index (χ3n) is 5.07. The fourth-order valence-electron chi connectivity index (χ4n) is 3.24. The Balaban J connectivity index is 3.89. The maximum Gasteiger partial charge on any atom is 0.343 e. The highest BCUT2D eigenvalue weighted by Crippen LogP contribution is 2.11. The van der Waals surface area contributed by atoms with Crippen molar-refractivity contribution in [3.63, 3.8) is 0 Å². The Morgan fingerprint density at radius 1 is 0.700 bits per heavy atom. The van der Waals surface area contributed by atoms with Crippen LogP contribution in [-0.2, 0) is 9.59 Å². The van der Waals surface area contributed by atoms with Crippen LogP contribution < -0.4 is 16.5 Å². The lowest BCUT2D eigenvalue weighted by atomic mass is 10.1. The highest BCUT2D eigenvalue weighted by atomic mass is 16.2. The molecule has 0 unspecified atom stereocenters. The normalized spacial score (nSPS) is 10.6. The largest absolute Gasteiger partial charge is 0.343 e. The zero-order valence-electron chi connectivity index (χ0n) is 19.5. The minimum absolute atomic E-state index is 0.193. The van der Waals surface area contributed by atoms with Gasteiger partial charge >= 0.3 is 6.03 Å². The van der Waals surface area contributed by atoms with Crippen LogP contribution in [0.15, 0.2) is 0 Å². The number of unbranched alkanes of at least 4 members (excludes halogenated alkanes) is 11. The number of urea groups is 1. The lowest BCUT2D eigenvalue weighted by molar-refractivity contribution is -0.137. The molecule has 0 bridgehead atoms. The van der Waals surface area contributed by atoms with Gasteiger partial charge in [0.25, 0.3) is 0 Å². The molecule has 0 heterocycles. The number of carbonyl (C=O) groups excluding carboxylic acids is 3. The second-order valence-electron chi connectivity index (χ2n) is 8.03. The summed E-state index contributed by atoms with van der Waals surface area (Å²) in [4.78, 5) is 36.4. The number of hydrogen-bond donors (Lipinski definition) is 3. The SMILES string of the molecule is CCCCCCCCCCCCCCNC(=O)N(NC(=O)CCCN)C(=O)CCC. The lowest BCUT2D eigenvalue weighted by Crippen LogP contribution is -2.53. The van der Waals surface area contributed by atoms with Gasteiger partial charge < -0.3 is 11.1 Å². The molecule has 7 nitrogen and oxygen atoms in total. The minimum Gasteiger partial charge on any atom is -0.336 e. The first-order valence-electron chi connectivity index (χ1n) is 12.2. The molecule has 4 amide bonds. The zero-order valence-corrected chi connectivity index (χ0v) is 19.5. The van der Waals surface area contributed by atoms with Gasteiger partial charge in [0, 0.05) is 19.4 Å². The second kappa shape index (κ2) is 20.6. The Kier molecular flexibility index (Phi) is 19.5. The molecule has 4 N–H and O–H groups in total. The topological polar surface area (TPSA) is 105 Å². The van der Waals surface area contributed by atoms with E-state index in [0.29, 0.717) is 25.9 Å². The maximum atomic E-state index is 12.3. The highest BCUT2D eigenvalue weighted by molar-refractivity contribution is 5.96. The standard InChI is InChI=1S/C23H46N4O3/c1-3-5-6-7-8-9-10-11-12-13-14-15-20-25-23(30)27(22(29)17-4-2)26-21(28)18-16-19-24/h3-20,24H2,1-2H3,(H,25,30)(H,26,28). The molecular weight excluding hydrogens is 380 g/mol. The van der Waals surface area contributed by atoms with E-state index in [1.165, 1.54) is 64.2 Å². The van der Waals surface area contributed by atoms with Gasteiger partial charge in [0.05, 0.1) is 0 Å². The summed E-state index contributed by atoms with van der Waals surface area (Å²) in [7, 11) is 0. The average Bonchev–Trinajstić information content (AvgIpc) is 2.73. The second-order valence-corrected chi connectivity index (χ2v) is 8.03. The van der Waals surface area contributed by atoms with E-state index in [2.05, 4.69) is 17.7 Å². The molecule has 0 aromatic heterocycles. The Hall–Kier alpha value is -1.63. The first kappa shape index (κ1) is 28.4. The summed E-state index contributed by atoms with van der Waals surface area (Å²) in [6.07, 6.45) is 16.6. The van der Waals surface area contributed by atoms with Crippen molar-refractivity contribution < 1.29 is 14.4 Å². The number of nitrogens with two attached hydrogens (primary N) is 1. The molecule has 0 aromatic carbocycles. The van der Waals surface area contributed by atoms with E-state index < -0.39 is 11.9 Å². The molecule has 0 aliphatic heterocycles. The van der Waals surface area contributed by atoms with Gasteiger partial charge in [0.1, 0.15) is 0 Å². The molecule has 0 saturated carbocycles. The summed E-state index contributed by atoms with van der Waals surface area (Å²) in [5.41, 5.74) is 7.81. The number of imide groups is 1. The van der Waals surface area contributed by atoms with Gasteiger partial charge in [-0.25, -0.2) is 4.79 Å². The third kappa shape index (κ3) is 16.2. The summed E-state index contributed by atoms with van der Waals surface area (Å²) in [5.74, 6) is -0.767. The number of hydrogen-bond acceptors (Lipinski definition) is 4. The van der Waals surface area contributed by atoms with Crippen molar-refractivity contribution in [2.24, 2.45) is 5.73 Å². The first-order valence-corrected chi connectivity index (χ1v) is 12.2. The summed E-state index contributed by atoms with van der Waals surface area (Å²) in [6, 6.07) is -0.558. The summed E-state index contributed by atoms with van der Waals surface area (Å²) >= 11 is 0. The molecule has 176 valence electrons. The van der Waals surface area contributed by atoms with Gasteiger partial charge in [0.2, 0.25) is 11.8 Å². The summed E-state index contributed by atoms with van der Waals surface area (Å²) in [5, 5.41) is 3.57. The Bertz CT molecular complexity index is 458. The Labute approximate surface area is 183 Å². The van der Waals surface area contributed by atoms with Crippen LogP contribution in [0.4, 0.5) is 4.79 Å². The molecule has 30 heavy (non-hydrogen) atoms. The number of amides is 4. The highest BCUT2D eigenvalue weighted by Gasteiger charge is 2.22. The van der Waals surface area contributed by atoms with Gasteiger partial charge in [-0.2, -0.15) is 5.01 Å². The maximum absolute atomic E-state index is 12.3. The number of nitrogens with one attached hydrogen (secondary N) is 2. The number of hydrazine groups is 1.